The molecular weight excluding hydrogens is 166 g/mol. The first kappa shape index (κ1) is 9.92. The lowest BCUT2D eigenvalue weighted by atomic mass is 10.1. The maximum atomic E-state index is 11.0. The monoisotopic (exact) mass is 181 g/mol. The number of aromatic amines is 1. The van der Waals surface area contributed by atoms with Crippen LogP contribution in [0.4, 0.5) is 0 Å². The van der Waals surface area contributed by atoms with Crippen molar-refractivity contribution in [3.63, 3.8) is 0 Å². The number of aromatic nitrogens is 2. The number of nitrogens with zero attached hydrogens (tertiary/aromatic N) is 1. The standard InChI is InChI=1S/C9H15N3O/c1-6(2)8-7(4-10-3)5-11-9(13)12-8/h5-6,10H,4H2,1-3H3,(H,11,12,13). The fraction of sp³-hybridized carbons (Fsp3) is 0.556. The van der Waals surface area contributed by atoms with Gasteiger partial charge in [-0.3, -0.25) is 0 Å². The van der Waals surface area contributed by atoms with Gasteiger partial charge in [-0.25, -0.2) is 9.78 Å². The summed E-state index contributed by atoms with van der Waals surface area (Å²) in [5.74, 6) is 0.319. The number of hydrogen-bond acceptors (Lipinski definition) is 3. The fourth-order valence-corrected chi connectivity index (χ4v) is 1.28. The van der Waals surface area contributed by atoms with E-state index >= 15 is 0 Å². The Hall–Kier alpha value is -1.16. The van der Waals surface area contributed by atoms with Gasteiger partial charge in [-0.2, -0.15) is 0 Å². The molecule has 0 amide bonds. The molecule has 0 saturated carbocycles. The summed E-state index contributed by atoms with van der Waals surface area (Å²) >= 11 is 0. The summed E-state index contributed by atoms with van der Waals surface area (Å²) in [5, 5.41) is 3.04. The van der Waals surface area contributed by atoms with Crippen molar-refractivity contribution >= 4 is 0 Å². The van der Waals surface area contributed by atoms with Crippen molar-refractivity contribution in [2.75, 3.05) is 7.05 Å². The minimum atomic E-state index is -0.274. The topological polar surface area (TPSA) is 57.8 Å². The molecule has 0 spiro atoms. The molecule has 0 aromatic carbocycles. The summed E-state index contributed by atoms with van der Waals surface area (Å²) in [7, 11) is 1.87. The molecule has 1 aromatic rings. The largest absolute Gasteiger partial charge is 0.345 e. The highest BCUT2D eigenvalue weighted by Crippen LogP contribution is 2.13. The lowest BCUT2D eigenvalue weighted by Gasteiger charge is -2.10. The zero-order chi connectivity index (χ0) is 9.84. The maximum Gasteiger partial charge on any atom is 0.345 e. The predicted molar refractivity (Wildman–Crippen MR) is 51.7 cm³/mol. The second kappa shape index (κ2) is 4.18. The molecular formula is C9H15N3O. The fourth-order valence-electron chi connectivity index (χ4n) is 1.28. The molecule has 2 N–H and O–H groups in total. The van der Waals surface area contributed by atoms with Gasteiger partial charge in [-0.05, 0) is 13.0 Å². The van der Waals surface area contributed by atoms with E-state index in [4.69, 9.17) is 0 Å². The minimum absolute atomic E-state index is 0.274. The smallest absolute Gasteiger partial charge is 0.316 e. The first-order valence-electron chi connectivity index (χ1n) is 4.38. The van der Waals surface area contributed by atoms with Crippen molar-refractivity contribution in [3.8, 4) is 0 Å². The van der Waals surface area contributed by atoms with Gasteiger partial charge in [0.15, 0.2) is 0 Å². The van der Waals surface area contributed by atoms with E-state index in [2.05, 4.69) is 15.3 Å². The summed E-state index contributed by atoms with van der Waals surface area (Å²) in [6.07, 6.45) is 1.63. The van der Waals surface area contributed by atoms with Crippen molar-refractivity contribution in [1.29, 1.82) is 0 Å². The van der Waals surface area contributed by atoms with Crippen molar-refractivity contribution < 1.29 is 0 Å². The van der Waals surface area contributed by atoms with E-state index in [-0.39, 0.29) is 5.69 Å². The Labute approximate surface area is 77.4 Å². The molecule has 0 atom stereocenters. The van der Waals surface area contributed by atoms with Crippen LogP contribution < -0.4 is 11.0 Å². The average molecular weight is 181 g/mol. The van der Waals surface area contributed by atoms with Crippen LogP contribution in [0.1, 0.15) is 31.0 Å². The molecule has 0 aliphatic heterocycles. The summed E-state index contributed by atoms with van der Waals surface area (Å²) in [5.41, 5.74) is 1.75. The van der Waals surface area contributed by atoms with Crippen LogP contribution in [0.15, 0.2) is 11.0 Å². The van der Waals surface area contributed by atoms with E-state index in [0.29, 0.717) is 5.92 Å². The average Bonchev–Trinajstić information content (AvgIpc) is 2.08. The molecule has 4 heteroatoms. The summed E-state index contributed by atoms with van der Waals surface area (Å²) in [6, 6.07) is 0. The van der Waals surface area contributed by atoms with Gasteiger partial charge in [0.05, 0.1) is 0 Å². The Kier molecular flexibility index (Phi) is 3.19. The molecule has 0 aliphatic carbocycles. The molecule has 4 nitrogen and oxygen atoms in total. The van der Waals surface area contributed by atoms with Crippen LogP contribution in [0, 0.1) is 0 Å². The van der Waals surface area contributed by atoms with Crippen LogP contribution in [0.5, 0.6) is 0 Å². The zero-order valence-corrected chi connectivity index (χ0v) is 8.22. The highest BCUT2D eigenvalue weighted by atomic mass is 16.1. The SMILES string of the molecule is CNCc1cnc(=O)[nH]c1C(C)C. The van der Waals surface area contributed by atoms with Crippen molar-refractivity contribution in [3.05, 3.63) is 27.9 Å². The van der Waals surface area contributed by atoms with Gasteiger partial charge >= 0.3 is 5.69 Å². The van der Waals surface area contributed by atoms with E-state index < -0.39 is 0 Å². The van der Waals surface area contributed by atoms with Gasteiger partial charge in [0.2, 0.25) is 0 Å². The highest BCUT2D eigenvalue weighted by molar-refractivity contribution is 5.18. The summed E-state index contributed by atoms with van der Waals surface area (Å²) < 4.78 is 0. The number of H-pyrrole nitrogens is 1. The van der Waals surface area contributed by atoms with Crippen LogP contribution in [0.3, 0.4) is 0 Å². The molecule has 0 saturated heterocycles. The molecule has 0 bridgehead atoms. The van der Waals surface area contributed by atoms with E-state index in [9.17, 15) is 4.79 Å². The summed E-state index contributed by atoms with van der Waals surface area (Å²) in [4.78, 5) is 17.4. The Morgan fingerprint density at radius 2 is 2.31 bits per heavy atom. The van der Waals surface area contributed by atoms with Gasteiger partial charge in [0.25, 0.3) is 0 Å². The number of nitrogens with one attached hydrogen (secondary N) is 2. The Balaban J connectivity index is 3.10. The van der Waals surface area contributed by atoms with E-state index in [1.807, 2.05) is 20.9 Å². The quantitative estimate of drug-likeness (QED) is 0.718. The molecule has 0 unspecified atom stereocenters. The molecule has 1 rings (SSSR count). The lowest BCUT2D eigenvalue weighted by Crippen LogP contribution is -2.18. The third-order valence-corrected chi connectivity index (χ3v) is 1.87. The van der Waals surface area contributed by atoms with Crippen molar-refractivity contribution in [2.45, 2.75) is 26.3 Å². The summed E-state index contributed by atoms with van der Waals surface area (Å²) in [6.45, 7) is 4.83. The van der Waals surface area contributed by atoms with Gasteiger partial charge in [0.1, 0.15) is 0 Å². The first-order chi connectivity index (χ1) is 6.15. The van der Waals surface area contributed by atoms with Crippen LogP contribution in [0.2, 0.25) is 0 Å². The minimum Gasteiger partial charge on any atom is -0.316 e. The second-order valence-corrected chi connectivity index (χ2v) is 3.31. The van der Waals surface area contributed by atoms with Crippen LogP contribution in [-0.2, 0) is 6.54 Å². The molecule has 0 aliphatic rings. The van der Waals surface area contributed by atoms with Crippen LogP contribution in [-0.4, -0.2) is 17.0 Å². The van der Waals surface area contributed by atoms with Gasteiger partial charge < -0.3 is 10.3 Å². The van der Waals surface area contributed by atoms with Crippen molar-refractivity contribution in [1.82, 2.24) is 15.3 Å². The van der Waals surface area contributed by atoms with Gasteiger partial charge in [0, 0.05) is 24.0 Å². The molecule has 72 valence electrons. The van der Waals surface area contributed by atoms with Crippen molar-refractivity contribution in [2.24, 2.45) is 0 Å². The van der Waals surface area contributed by atoms with E-state index in [1.54, 1.807) is 6.20 Å². The zero-order valence-electron chi connectivity index (χ0n) is 8.22. The normalized spacial score (nSPS) is 10.8. The Morgan fingerprint density at radius 3 is 2.85 bits per heavy atom. The Bertz CT molecular complexity index is 330. The second-order valence-electron chi connectivity index (χ2n) is 3.31. The van der Waals surface area contributed by atoms with Crippen LogP contribution >= 0.6 is 0 Å². The maximum absolute atomic E-state index is 11.0. The third-order valence-electron chi connectivity index (χ3n) is 1.87. The van der Waals surface area contributed by atoms with E-state index in [1.165, 1.54) is 0 Å². The lowest BCUT2D eigenvalue weighted by molar-refractivity contribution is 0.733. The molecule has 13 heavy (non-hydrogen) atoms. The predicted octanol–water partition coefficient (Wildman–Crippen LogP) is 0.613. The Morgan fingerprint density at radius 1 is 1.62 bits per heavy atom. The van der Waals surface area contributed by atoms with Gasteiger partial charge in [-0.15, -0.1) is 0 Å². The van der Waals surface area contributed by atoms with E-state index in [0.717, 1.165) is 17.8 Å². The highest BCUT2D eigenvalue weighted by Gasteiger charge is 2.06. The molecule has 0 radical (unpaired) electrons. The number of rotatable bonds is 3. The third kappa shape index (κ3) is 2.39. The molecule has 1 aromatic heterocycles. The molecule has 0 fully saturated rings. The van der Waals surface area contributed by atoms with Gasteiger partial charge in [-0.1, -0.05) is 13.8 Å². The number of hydrogen-bond donors (Lipinski definition) is 2. The first-order valence-corrected chi connectivity index (χ1v) is 4.38. The molecule has 1 heterocycles. The van der Waals surface area contributed by atoms with Crippen LogP contribution in [0.25, 0.3) is 0 Å².